The Bertz CT molecular complexity index is 132. The second-order valence-corrected chi connectivity index (χ2v) is 4.53. The largest absolute Gasteiger partial charge is 0.329 e. The van der Waals surface area contributed by atoms with E-state index < -0.39 is 0 Å². The molecule has 0 aromatic heterocycles. The fraction of sp³-hybridized carbons (Fsp3) is 1.00. The SMILES string of the molecule is CCNC1(CN)CC(C)(C)C1. The van der Waals surface area contributed by atoms with Crippen molar-refractivity contribution in [3.8, 4) is 0 Å². The van der Waals surface area contributed by atoms with Crippen LogP contribution in [0.3, 0.4) is 0 Å². The van der Waals surface area contributed by atoms with Gasteiger partial charge in [-0.05, 0) is 24.8 Å². The van der Waals surface area contributed by atoms with Crippen LogP contribution in [0.1, 0.15) is 33.6 Å². The molecule has 0 aliphatic heterocycles. The zero-order valence-electron chi connectivity index (χ0n) is 7.91. The first-order valence-corrected chi connectivity index (χ1v) is 4.49. The quantitative estimate of drug-likeness (QED) is 0.642. The lowest BCUT2D eigenvalue weighted by atomic mass is 9.59. The van der Waals surface area contributed by atoms with E-state index in [0.717, 1.165) is 13.1 Å². The molecule has 0 saturated heterocycles. The molecule has 0 spiro atoms. The Morgan fingerprint density at radius 1 is 1.36 bits per heavy atom. The van der Waals surface area contributed by atoms with Gasteiger partial charge in [-0.2, -0.15) is 0 Å². The Labute approximate surface area is 69.5 Å². The van der Waals surface area contributed by atoms with Gasteiger partial charge in [0, 0.05) is 12.1 Å². The van der Waals surface area contributed by atoms with E-state index in [1.54, 1.807) is 0 Å². The number of nitrogens with one attached hydrogen (secondary N) is 1. The van der Waals surface area contributed by atoms with Crippen molar-refractivity contribution in [2.24, 2.45) is 11.1 Å². The first kappa shape index (κ1) is 9.01. The molecule has 11 heavy (non-hydrogen) atoms. The van der Waals surface area contributed by atoms with Crippen LogP contribution in [0.5, 0.6) is 0 Å². The Morgan fingerprint density at radius 2 is 1.91 bits per heavy atom. The van der Waals surface area contributed by atoms with Crippen molar-refractivity contribution in [1.82, 2.24) is 5.32 Å². The highest BCUT2D eigenvalue weighted by atomic mass is 15.0. The number of hydrogen-bond donors (Lipinski definition) is 2. The van der Waals surface area contributed by atoms with E-state index in [0.29, 0.717) is 5.41 Å². The summed E-state index contributed by atoms with van der Waals surface area (Å²) in [5.74, 6) is 0. The molecule has 1 rings (SSSR count). The van der Waals surface area contributed by atoms with E-state index in [4.69, 9.17) is 5.73 Å². The molecule has 0 atom stereocenters. The molecule has 1 aliphatic rings. The van der Waals surface area contributed by atoms with Gasteiger partial charge in [-0.3, -0.25) is 0 Å². The fourth-order valence-electron chi connectivity index (χ4n) is 2.50. The Kier molecular flexibility index (Phi) is 2.26. The van der Waals surface area contributed by atoms with Crippen LogP contribution in [0.15, 0.2) is 0 Å². The molecule has 66 valence electrons. The maximum Gasteiger partial charge on any atom is 0.0314 e. The van der Waals surface area contributed by atoms with Crippen molar-refractivity contribution in [2.75, 3.05) is 13.1 Å². The molecule has 1 aliphatic carbocycles. The van der Waals surface area contributed by atoms with E-state index in [2.05, 4.69) is 26.1 Å². The van der Waals surface area contributed by atoms with E-state index in [1.165, 1.54) is 12.8 Å². The minimum Gasteiger partial charge on any atom is -0.329 e. The second-order valence-electron chi connectivity index (χ2n) is 4.53. The van der Waals surface area contributed by atoms with Gasteiger partial charge >= 0.3 is 0 Å². The van der Waals surface area contributed by atoms with E-state index in [1.807, 2.05) is 0 Å². The molecular formula is C9H20N2. The van der Waals surface area contributed by atoms with Crippen LogP contribution >= 0.6 is 0 Å². The summed E-state index contributed by atoms with van der Waals surface area (Å²) in [6.45, 7) is 8.57. The van der Waals surface area contributed by atoms with Crippen LogP contribution in [0.25, 0.3) is 0 Å². The van der Waals surface area contributed by atoms with Gasteiger partial charge in [-0.25, -0.2) is 0 Å². The van der Waals surface area contributed by atoms with E-state index in [-0.39, 0.29) is 5.54 Å². The molecule has 0 unspecified atom stereocenters. The third-order valence-electron chi connectivity index (χ3n) is 2.58. The molecule has 2 heteroatoms. The maximum atomic E-state index is 5.71. The number of likely N-dealkylation sites (N-methyl/N-ethyl adjacent to an activating group) is 1. The summed E-state index contributed by atoms with van der Waals surface area (Å²) in [5.41, 5.74) is 6.50. The van der Waals surface area contributed by atoms with Crippen LogP contribution in [-0.2, 0) is 0 Å². The summed E-state index contributed by atoms with van der Waals surface area (Å²) in [5, 5.41) is 3.48. The van der Waals surface area contributed by atoms with Crippen LogP contribution in [-0.4, -0.2) is 18.6 Å². The number of rotatable bonds is 3. The predicted octanol–water partition coefficient (Wildman–Crippen LogP) is 1.11. The van der Waals surface area contributed by atoms with Crippen molar-refractivity contribution in [3.63, 3.8) is 0 Å². The van der Waals surface area contributed by atoms with Gasteiger partial charge in [0.05, 0.1) is 0 Å². The predicted molar refractivity (Wildman–Crippen MR) is 48.5 cm³/mol. The highest BCUT2D eigenvalue weighted by Gasteiger charge is 2.47. The molecule has 1 saturated carbocycles. The van der Waals surface area contributed by atoms with Crippen LogP contribution in [0.2, 0.25) is 0 Å². The lowest BCUT2D eigenvalue weighted by Gasteiger charge is -2.53. The van der Waals surface area contributed by atoms with Crippen molar-refractivity contribution < 1.29 is 0 Å². The third kappa shape index (κ3) is 1.74. The molecule has 0 amide bonds. The lowest BCUT2D eigenvalue weighted by Crippen LogP contribution is -2.62. The zero-order chi connectivity index (χ0) is 8.54. The first-order chi connectivity index (χ1) is 5.04. The molecule has 0 aromatic rings. The van der Waals surface area contributed by atoms with Crippen LogP contribution < -0.4 is 11.1 Å². The molecule has 0 radical (unpaired) electrons. The van der Waals surface area contributed by atoms with Gasteiger partial charge in [-0.15, -0.1) is 0 Å². The molecule has 0 bridgehead atoms. The van der Waals surface area contributed by atoms with Gasteiger partial charge in [-0.1, -0.05) is 20.8 Å². The van der Waals surface area contributed by atoms with Crippen molar-refractivity contribution in [1.29, 1.82) is 0 Å². The summed E-state index contributed by atoms with van der Waals surface area (Å²) in [7, 11) is 0. The average molecular weight is 156 g/mol. The molecule has 1 fully saturated rings. The molecule has 0 aromatic carbocycles. The summed E-state index contributed by atoms with van der Waals surface area (Å²) >= 11 is 0. The molecule has 3 N–H and O–H groups in total. The second kappa shape index (κ2) is 2.76. The third-order valence-corrected chi connectivity index (χ3v) is 2.58. The van der Waals surface area contributed by atoms with Gasteiger partial charge in [0.2, 0.25) is 0 Å². The van der Waals surface area contributed by atoms with Gasteiger partial charge in [0.1, 0.15) is 0 Å². The monoisotopic (exact) mass is 156 g/mol. The smallest absolute Gasteiger partial charge is 0.0314 e. The van der Waals surface area contributed by atoms with Crippen molar-refractivity contribution >= 4 is 0 Å². The minimum atomic E-state index is 0.276. The highest BCUT2D eigenvalue weighted by Crippen LogP contribution is 2.47. The molecule has 0 heterocycles. The van der Waals surface area contributed by atoms with E-state index >= 15 is 0 Å². The molecule has 2 nitrogen and oxygen atoms in total. The van der Waals surface area contributed by atoms with Gasteiger partial charge in [0.25, 0.3) is 0 Å². The summed E-state index contributed by atoms with van der Waals surface area (Å²) < 4.78 is 0. The fourth-order valence-corrected chi connectivity index (χ4v) is 2.50. The van der Waals surface area contributed by atoms with Crippen LogP contribution in [0.4, 0.5) is 0 Å². The summed E-state index contributed by atoms with van der Waals surface area (Å²) in [6, 6.07) is 0. The summed E-state index contributed by atoms with van der Waals surface area (Å²) in [6.07, 6.45) is 2.45. The Hall–Kier alpha value is -0.0800. The number of hydrogen-bond acceptors (Lipinski definition) is 2. The topological polar surface area (TPSA) is 38.0 Å². The standard InChI is InChI=1S/C9H20N2/c1-4-11-9(7-10)5-8(2,3)6-9/h11H,4-7,10H2,1-3H3. The normalized spacial score (nSPS) is 26.2. The maximum absolute atomic E-state index is 5.71. The lowest BCUT2D eigenvalue weighted by molar-refractivity contribution is 0.0398. The average Bonchev–Trinajstić information content (AvgIpc) is 1.84. The van der Waals surface area contributed by atoms with Gasteiger partial charge < -0.3 is 11.1 Å². The van der Waals surface area contributed by atoms with Crippen molar-refractivity contribution in [2.45, 2.75) is 39.2 Å². The van der Waals surface area contributed by atoms with Gasteiger partial charge in [0.15, 0.2) is 0 Å². The molecular weight excluding hydrogens is 136 g/mol. The van der Waals surface area contributed by atoms with E-state index in [9.17, 15) is 0 Å². The first-order valence-electron chi connectivity index (χ1n) is 4.49. The van der Waals surface area contributed by atoms with Crippen molar-refractivity contribution in [3.05, 3.63) is 0 Å². The van der Waals surface area contributed by atoms with Crippen LogP contribution in [0, 0.1) is 5.41 Å². The Morgan fingerprint density at radius 3 is 2.18 bits per heavy atom. The zero-order valence-corrected chi connectivity index (χ0v) is 7.91. The number of nitrogens with two attached hydrogens (primary N) is 1. The highest BCUT2D eigenvalue weighted by molar-refractivity contribution is 5.05. The Balaban J connectivity index is 2.43. The minimum absolute atomic E-state index is 0.276. The summed E-state index contributed by atoms with van der Waals surface area (Å²) in [4.78, 5) is 0.